The van der Waals surface area contributed by atoms with Crippen molar-refractivity contribution in [3.05, 3.63) is 121 Å². The average molecular weight is 508 g/mol. The first-order chi connectivity index (χ1) is 18.1. The SMILES string of the molecule is C=CC(=C)/C=C/C(N)CCc1cccc(C(C)(C)/C2=C/C=C\C(CCC(C)CCC(=C)C=C)C#CCC2)c1. The standard InChI is InChI=1S/C37H49N/c1-8-29(3)20-21-31(5)22-24-32-14-10-11-17-34(18-12-15-32)37(6,7)35-19-13-16-33(28-35)25-27-36(38)26-23-30(4)9-2/h8-9,12-13,15-16,18-19,23,26,28,31-32,36H,1-4,11,17,20-22,24-25,27,38H2,5-7H3/b15-12-,26-23+,34-18+. The van der Waals surface area contributed by atoms with Crippen molar-refractivity contribution < 1.29 is 0 Å². The van der Waals surface area contributed by atoms with Gasteiger partial charge in [-0.15, -0.1) is 5.92 Å². The molecule has 0 heterocycles. The maximum absolute atomic E-state index is 6.30. The maximum atomic E-state index is 6.30. The molecule has 0 saturated carbocycles. The molecule has 1 aliphatic carbocycles. The monoisotopic (exact) mass is 507 g/mol. The van der Waals surface area contributed by atoms with Gasteiger partial charge in [-0.05, 0) is 67.6 Å². The van der Waals surface area contributed by atoms with Crippen molar-refractivity contribution in [2.24, 2.45) is 17.6 Å². The molecule has 1 heteroatoms. The number of allylic oxidation sites excluding steroid dienone is 9. The lowest BCUT2D eigenvalue weighted by Gasteiger charge is -2.29. The Morgan fingerprint density at radius 1 is 1.16 bits per heavy atom. The molecule has 2 N–H and O–H groups in total. The zero-order valence-electron chi connectivity index (χ0n) is 24.1. The molecule has 3 atom stereocenters. The van der Waals surface area contributed by atoms with E-state index in [-0.39, 0.29) is 11.5 Å². The molecule has 0 spiro atoms. The highest BCUT2D eigenvalue weighted by atomic mass is 14.6. The predicted molar refractivity (Wildman–Crippen MR) is 169 cm³/mol. The highest BCUT2D eigenvalue weighted by Gasteiger charge is 2.25. The van der Waals surface area contributed by atoms with Crippen LogP contribution in [0.5, 0.6) is 0 Å². The summed E-state index contributed by atoms with van der Waals surface area (Å²) < 4.78 is 0. The van der Waals surface area contributed by atoms with Crippen LogP contribution in [0.1, 0.15) is 76.8 Å². The second kappa shape index (κ2) is 16.0. The van der Waals surface area contributed by atoms with Crippen molar-refractivity contribution in [1.82, 2.24) is 0 Å². The Kier molecular flexibility index (Phi) is 13.1. The van der Waals surface area contributed by atoms with Crippen LogP contribution >= 0.6 is 0 Å². The van der Waals surface area contributed by atoms with Crippen molar-refractivity contribution in [2.75, 3.05) is 0 Å². The van der Waals surface area contributed by atoms with Gasteiger partial charge in [-0.25, -0.2) is 0 Å². The van der Waals surface area contributed by atoms with E-state index >= 15 is 0 Å². The lowest BCUT2D eigenvalue weighted by molar-refractivity contribution is 0.460. The molecule has 0 radical (unpaired) electrons. The summed E-state index contributed by atoms with van der Waals surface area (Å²) in [5, 5.41) is 0. The van der Waals surface area contributed by atoms with Crippen LogP contribution in [-0.2, 0) is 11.8 Å². The van der Waals surface area contributed by atoms with E-state index in [1.165, 1.54) is 29.5 Å². The van der Waals surface area contributed by atoms with E-state index in [1.54, 1.807) is 6.08 Å². The van der Waals surface area contributed by atoms with E-state index in [2.05, 4.69) is 101 Å². The fourth-order valence-electron chi connectivity index (χ4n) is 4.71. The normalized spacial score (nSPS) is 19.5. The Labute approximate surface area is 233 Å². The number of hydrogen-bond acceptors (Lipinski definition) is 1. The summed E-state index contributed by atoms with van der Waals surface area (Å²) in [7, 11) is 0. The summed E-state index contributed by atoms with van der Waals surface area (Å²) in [6, 6.07) is 9.01. The predicted octanol–water partition coefficient (Wildman–Crippen LogP) is 9.36. The van der Waals surface area contributed by atoms with Gasteiger partial charge in [-0.3, -0.25) is 0 Å². The van der Waals surface area contributed by atoms with Crippen molar-refractivity contribution in [3.8, 4) is 11.8 Å². The van der Waals surface area contributed by atoms with E-state index in [0.29, 0.717) is 11.8 Å². The lowest BCUT2D eigenvalue weighted by Crippen LogP contribution is -2.21. The van der Waals surface area contributed by atoms with Crippen LogP contribution in [0.25, 0.3) is 0 Å². The van der Waals surface area contributed by atoms with Crippen molar-refractivity contribution in [3.63, 3.8) is 0 Å². The summed E-state index contributed by atoms with van der Waals surface area (Å²) in [5.74, 6) is 8.00. The Balaban J connectivity index is 2.03. The van der Waals surface area contributed by atoms with Crippen LogP contribution in [0.3, 0.4) is 0 Å². The molecule has 0 amide bonds. The highest BCUT2D eigenvalue weighted by molar-refractivity contribution is 5.39. The van der Waals surface area contributed by atoms with Gasteiger partial charge in [0.15, 0.2) is 0 Å². The number of rotatable bonds is 15. The van der Waals surface area contributed by atoms with E-state index < -0.39 is 0 Å². The highest BCUT2D eigenvalue weighted by Crippen LogP contribution is 2.35. The Morgan fingerprint density at radius 3 is 2.68 bits per heavy atom. The molecule has 2 rings (SSSR count). The summed E-state index contributed by atoms with van der Waals surface area (Å²) in [4.78, 5) is 0. The van der Waals surface area contributed by atoms with Gasteiger partial charge in [0.2, 0.25) is 0 Å². The van der Waals surface area contributed by atoms with Crippen LogP contribution in [0.2, 0.25) is 0 Å². The number of nitrogens with two attached hydrogens (primary N) is 1. The van der Waals surface area contributed by atoms with Gasteiger partial charge in [0, 0.05) is 23.8 Å². The molecule has 0 aliphatic heterocycles. The van der Waals surface area contributed by atoms with Gasteiger partial charge < -0.3 is 5.73 Å². The molecule has 1 aromatic carbocycles. The van der Waals surface area contributed by atoms with Gasteiger partial charge in [0.05, 0.1) is 0 Å². The molecule has 1 nitrogen and oxygen atoms in total. The summed E-state index contributed by atoms with van der Waals surface area (Å²) >= 11 is 0. The van der Waals surface area contributed by atoms with Gasteiger partial charge in [0.1, 0.15) is 0 Å². The quantitative estimate of drug-likeness (QED) is 0.186. The molecule has 0 fully saturated rings. The first kappa shape index (κ1) is 31.1. The third kappa shape index (κ3) is 10.7. The summed E-state index contributed by atoms with van der Waals surface area (Å²) in [6.07, 6.45) is 22.7. The van der Waals surface area contributed by atoms with Crippen LogP contribution < -0.4 is 5.73 Å². The molecule has 0 saturated heterocycles. The fourth-order valence-corrected chi connectivity index (χ4v) is 4.71. The zero-order chi connectivity index (χ0) is 28.0. The van der Waals surface area contributed by atoms with Crippen LogP contribution in [-0.4, -0.2) is 6.04 Å². The summed E-state index contributed by atoms with van der Waals surface area (Å²) in [5.41, 5.74) is 12.4. The van der Waals surface area contributed by atoms with E-state index in [4.69, 9.17) is 5.73 Å². The Hall–Kier alpha value is -3.08. The molecular formula is C37H49N. The van der Waals surface area contributed by atoms with E-state index in [0.717, 1.165) is 49.7 Å². The van der Waals surface area contributed by atoms with Crippen LogP contribution in [0.4, 0.5) is 0 Å². The van der Waals surface area contributed by atoms with Gasteiger partial charge in [0.25, 0.3) is 0 Å². The molecule has 202 valence electrons. The third-order valence-electron chi connectivity index (χ3n) is 7.70. The third-order valence-corrected chi connectivity index (χ3v) is 7.70. The number of hydrogen-bond donors (Lipinski definition) is 1. The summed E-state index contributed by atoms with van der Waals surface area (Å²) in [6.45, 7) is 22.5. The molecular weight excluding hydrogens is 458 g/mol. The van der Waals surface area contributed by atoms with Crippen LogP contribution in [0, 0.1) is 23.7 Å². The number of aryl methyl sites for hydroxylation is 1. The minimum absolute atomic E-state index is 0.00618. The molecule has 0 bridgehead atoms. The second-order valence-corrected chi connectivity index (χ2v) is 11.3. The van der Waals surface area contributed by atoms with Crippen molar-refractivity contribution in [1.29, 1.82) is 0 Å². The molecule has 3 unspecified atom stereocenters. The Morgan fingerprint density at radius 2 is 1.95 bits per heavy atom. The minimum atomic E-state index is -0.0619. The second-order valence-electron chi connectivity index (χ2n) is 11.3. The molecule has 1 aliphatic rings. The molecule has 0 aromatic heterocycles. The molecule has 38 heavy (non-hydrogen) atoms. The molecule has 1 aromatic rings. The van der Waals surface area contributed by atoms with Gasteiger partial charge >= 0.3 is 0 Å². The Bertz CT molecular complexity index is 1110. The van der Waals surface area contributed by atoms with Gasteiger partial charge in [-0.2, -0.15) is 0 Å². The van der Waals surface area contributed by atoms with E-state index in [1.807, 2.05) is 18.2 Å². The first-order valence-electron chi connectivity index (χ1n) is 14.2. The fraction of sp³-hybridized carbons (Fsp3) is 0.405. The van der Waals surface area contributed by atoms with E-state index in [9.17, 15) is 0 Å². The zero-order valence-corrected chi connectivity index (χ0v) is 24.1. The van der Waals surface area contributed by atoms with Crippen molar-refractivity contribution in [2.45, 2.75) is 83.6 Å². The van der Waals surface area contributed by atoms with Crippen molar-refractivity contribution >= 4 is 0 Å². The lowest BCUT2D eigenvalue weighted by atomic mass is 9.75. The number of benzene rings is 1. The minimum Gasteiger partial charge on any atom is -0.324 e. The first-order valence-corrected chi connectivity index (χ1v) is 14.2. The largest absolute Gasteiger partial charge is 0.324 e. The topological polar surface area (TPSA) is 26.0 Å². The van der Waals surface area contributed by atoms with Gasteiger partial charge in [-0.1, -0.05) is 131 Å². The maximum Gasteiger partial charge on any atom is 0.0385 e. The van der Waals surface area contributed by atoms with Crippen LogP contribution in [0.15, 0.2) is 110 Å². The smallest absolute Gasteiger partial charge is 0.0385 e. The average Bonchev–Trinajstić information content (AvgIpc) is 3.04.